The number of carbonyl (C=O) groups excluding carboxylic acids is 1. The molecule has 1 heterocycles. The summed E-state index contributed by atoms with van der Waals surface area (Å²) in [6.07, 6.45) is 0. The minimum atomic E-state index is -0.720. The number of nitrogen functional groups attached to an aromatic ring is 1. The second-order valence-corrected chi connectivity index (χ2v) is 4.01. The van der Waals surface area contributed by atoms with Crippen LogP contribution in [0, 0.1) is 0 Å². The molecule has 0 saturated carbocycles. The number of nitrogens with zero attached hydrogens (tertiary/aromatic N) is 4. The molecule has 4 N–H and O–H groups in total. The summed E-state index contributed by atoms with van der Waals surface area (Å²) < 4.78 is 1.34. The van der Waals surface area contributed by atoms with Crippen LogP contribution in [0.2, 0.25) is 0 Å². The summed E-state index contributed by atoms with van der Waals surface area (Å²) in [5.41, 5.74) is 13.1. The zero-order valence-electron chi connectivity index (χ0n) is 11.1. The van der Waals surface area contributed by atoms with Gasteiger partial charge in [-0.3, -0.25) is 4.79 Å². The molecule has 0 aliphatic rings. The SMILES string of the molecule is CO/N=C(\C)c1cccc(-n2nnc(C(N)=O)c2N)c1. The molecule has 104 valence electrons. The molecule has 1 amide bonds. The quantitative estimate of drug-likeness (QED) is 0.614. The van der Waals surface area contributed by atoms with Crippen LogP contribution in [0.25, 0.3) is 5.69 Å². The Morgan fingerprint density at radius 3 is 2.80 bits per heavy atom. The smallest absolute Gasteiger partial charge is 0.273 e. The van der Waals surface area contributed by atoms with Crippen molar-refractivity contribution in [3.05, 3.63) is 35.5 Å². The van der Waals surface area contributed by atoms with Gasteiger partial charge in [0.1, 0.15) is 7.11 Å². The second-order valence-electron chi connectivity index (χ2n) is 4.01. The van der Waals surface area contributed by atoms with Crippen molar-refractivity contribution in [2.45, 2.75) is 6.92 Å². The van der Waals surface area contributed by atoms with Crippen molar-refractivity contribution in [3.8, 4) is 5.69 Å². The number of amides is 1. The minimum absolute atomic E-state index is 0.0577. The fourth-order valence-electron chi connectivity index (χ4n) is 1.71. The van der Waals surface area contributed by atoms with Crippen molar-refractivity contribution >= 4 is 17.4 Å². The Labute approximate surface area is 115 Å². The van der Waals surface area contributed by atoms with Crippen molar-refractivity contribution in [1.29, 1.82) is 0 Å². The summed E-state index contributed by atoms with van der Waals surface area (Å²) in [5.74, 6) is -0.627. The summed E-state index contributed by atoms with van der Waals surface area (Å²) in [4.78, 5) is 15.8. The third-order valence-corrected chi connectivity index (χ3v) is 2.68. The third-order valence-electron chi connectivity index (χ3n) is 2.68. The van der Waals surface area contributed by atoms with Crippen LogP contribution in [-0.2, 0) is 4.84 Å². The molecule has 1 aromatic heterocycles. The van der Waals surface area contributed by atoms with E-state index < -0.39 is 5.91 Å². The number of benzene rings is 1. The summed E-state index contributed by atoms with van der Waals surface area (Å²) in [5, 5.41) is 11.3. The Bertz CT molecular complexity index is 676. The molecular formula is C12H14N6O2. The predicted octanol–water partition coefficient (Wildman–Crippen LogP) is 0.319. The van der Waals surface area contributed by atoms with E-state index in [0.717, 1.165) is 5.56 Å². The van der Waals surface area contributed by atoms with Gasteiger partial charge in [0.05, 0.1) is 11.4 Å². The molecule has 0 aliphatic heterocycles. The average Bonchev–Trinajstić information content (AvgIpc) is 2.81. The van der Waals surface area contributed by atoms with Crippen LogP contribution >= 0.6 is 0 Å². The van der Waals surface area contributed by atoms with Gasteiger partial charge in [0.25, 0.3) is 5.91 Å². The number of carbonyl (C=O) groups is 1. The van der Waals surface area contributed by atoms with Crippen LogP contribution < -0.4 is 11.5 Å². The highest BCUT2D eigenvalue weighted by atomic mass is 16.6. The predicted molar refractivity (Wildman–Crippen MR) is 73.5 cm³/mol. The normalized spacial score (nSPS) is 11.4. The maximum Gasteiger partial charge on any atom is 0.273 e. The molecule has 8 nitrogen and oxygen atoms in total. The van der Waals surface area contributed by atoms with Crippen LogP contribution in [0.1, 0.15) is 23.0 Å². The maximum absolute atomic E-state index is 11.1. The van der Waals surface area contributed by atoms with E-state index in [1.807, 2.05) is 19.1 Å². The molecule has 8 heteroatoms. The van der Waals surface area contributed by atoms with Crippen LogP contribution in [0.15, 0.2) is 29.4 Å². The largest absolute Gasteiger partial charge is 0.399 e. The zero-order chi connectivity index (χ0) is 14.7. The average molecular weight is 274 g/mol. The number of hydrogen-bond acceptors (Lipinski definition) is 6. The Balaban J connectivity index is 2.46. The Hall–Kier alpha value is -2.90. The van der Waals surface area contributed by atoms with Gasteiger partial charge in [-0.05, 0) is 19.1 Å². The maximum atomic E-state index is 11.1. The monoisotopic (exact) mass is 274 g/mol. The van der Waals surface area contributed by atoms with Crippen LogP contribution in [0.5, 0.6) is 0 Å². The fourth-order valence-corrected chi connectivity index (χ4v) is 1.71. The first-order valence-electron chi connectivity index (χ1n) is 5.74. The number of rotatable bonds is 4. The molecule has 20 heavy (non-hydrogen) atoms. The van der Waals surface area contributed by atoms with Gasteiger partial charge in [-0.25, -0.2) is 0 Å². The molecule has 0 saturated heterocycles. The van der Waals surface area contributed by atoms with Crippen molar-refractivity contribution in [2.24, 2.45) is 10.9 Å². The van der Waals surface area contributed by atoms with Crippen molar-refractivity contribution in [3.63, 3.8) is 0 Å². The molecule has 0 radical (unpaired) electrons. The van der Waals surface area contributed by atoms with E-state index in [4.69, 9.17) is 16.3 Å². The van der Waals surface area contributed by atoms with E-state index in [2.05, 4.69) is 15.5 Å². The van der Waals surface area contributed by atoms with E-state index in [9.17, 15) is 4.79 Å². The standard InChI is InChI=1S/C12H14N6O2/c1-7(16-20-2)8-4-3-5-9(6-8)18-11(13)10(12(14)19)15-17-18/h3-6H,13H2,1-2H3,(H2,14,19)/b16-7+. The molecule has 2 aromatic rings. The summed E-state index contributed by atoms with van der Waals surface area (Å²) in [7, 11) is 1.47. The summed E-state index contributed by atoms with van der Waals surface area (Å²) >= 11 is 0. The number of hydrogen-bond donors (Lipinski definition) is 2. The van der Waals surface area contributed by atoms with Crippen LogP contribution in [-0.4, -0.2) is 33.7 Å². The topological polar surface area (TPSA) is 121 Å². The lowest BCUT2D eigenvalue weighted by molar-refractivity contribution is 0.0996. The Kier molecular flexibility index (Phi) is 3.65. The third kappa shape index (κ3) is 2.44. The zero-order valence-corrected chi connectivity index (χ0v) is 11.1. The lowest BCUT2D eigenvalue weighted by Crippen LogP contribution is -2.14. The van der Waals surface area contributed by atoms with E-state index in [-0.39, 0.29) is 11.5 Å². The van der Waals surface area contributed by atoms with Crippen LogP contribution in [0.3, 0.4) is 0 Å². The molecule has 2 rings (SSSR count). The van der Waals surface area contributed by atoms with Gasteiger partial charge in [-0.2, -0.15) is 4.68 Å². The van der Waals surface area contributed by atoms with Gasteiger partial charge >= 0.3 is 0 Å². The molecule has 0 fully saturated rings. The summed E-state index contributed by atoms with van der Waals surface area (Å²) in [6, 6.07) is 7.25. The first kappa shape index (κ1) is 13.5. The van der Waals surface area contributed by atoms with Gasteiger partial charge in [0.15, 0.2) is 11.5 Å². The van der Waals surface area contributed by atoms with Crippen molar-refractivity contribution in [1.82, 2.24) is 15.0 Å². The van der Waals surface area contributed by atoms with Gasteiger partial charge in [-0.1, -0.05) is 22.5 Å². The van der Waals surface area contributed by atoms with Gasteiger partial charge in [-0.15, -0.1) is 5.10 Å². The first-order valence-corrected chi connectivity index (χ1v) is 5.74. The van der Waals surface area contributed by atoms with Crippen molar-refractivity contribution < 1.29 is 9.63 Å². The second kappa shape index (κ2) is 5.39. The molecule has 1 aromatic carbocycles. The lowest BCUT2D eigenvalue weighted by Gasteiger charge is -2.05. The fraction of sp³-hybridized carbons (Fsp3) is 0.167. The molecule has 0 spiro atoms. The van der Waals surface area contributed by atoms with Crippen molar-refractivity contribution in [2.75, 3.05) is 12.8 Å². The lowest BCUT2D eigenvalue weighted by atomic mass is 10.1. The number of oxime groups is 1. The number of nitrogens with two attached hydrogens (primary N) is 2. The summed E-state index contributed by atoms with van der Waals surface area (Å²) in [6.45, 7) is 1.81. The Morgan fingerprint density at radius 2 is 2.20 bits per heavy atom. The first-order chi connectivity index (χ1) is 9.54. The number of primary amides is 1. The van der Waals surface area contributed by atoms with E-state index in [1.54, 1.807) is 12.1 Å². The van der Waals surface area contributed by atoms with Gasteiger partial charge in [0.2, 0.25) is 0 Å². The highest BCUT2D eigenvalue weighted by molar-refractivity contribution is 5.99. The van der Waals surface area contributed by atoms with E-state index in [0.29, 0.717) is 11.4 Å². The highest BCUT2D eigenvalue weighted by Gasteiger charge is 2.15. The van der Waals surface area contributed by atoms with Gasteiger partial charge < -0.3 is 16.3 Å². The van der Waals surface area contributed by atoms with Gasteiger partial charge in [0, 0.05) is 5.56 Å². The minimum Gasteiger partial charge on any atom is -0.399 e. The Morgan fingerprint density at radius 1 is 1.45 bits per heavy atom. The number of aromatic nitrogens is 3. The highest BCUT2D eigenvalue weighted by Crippen LogP contribution is 2.16. The molecule has 0 unspecified atom stereocenters. The molecular weight excluding hydrogens is 260 g/mol. The number of anilines is 1. The molecule has 0 atom stereocenters. The van der Waals surface area contributed by atoms with E-state index in [1.165, 1.54) is 11.8 Å². The molecule has 0 bridgehead atoms. The van der Waals surface area contributed by atoms with E-state index >= 15 is 0 Å². The molecule has 0 aliphatic carbocycles. The van der Waals surface area contributed by atoms with Crippen LogP contribution in [0.4, 0.5) is 5.82 Å².